The van der Waals surface area contributed by atoms with Crippen LogP contribution < -0.4 is 5.32 Å². The minimum atomic E-state index is -0.198. The van der Waals surface area contributed by atoms with Gasteiger partial charge >= 0.3 is 0 Å². The van der Waals surface area contributed by atoms with Crippen LogP contribution in [0, 0.1) is 17.7 Å². The minimum absolute atomic E-state index is 0.198. The van der Waals surface area contributed by atoms with Crippen molar-refractivity contribution < 1.29 is 9.13 Å². The lowest BCUT2D eigenvalue weighted by Gasteiger charge is -2.06. The monoisotopic (exact) mass is 301 g/mol. The lowest BCUT2D eigenvalue weighted by Crippen LogP contribution is -2.11. The normalized spacial score (nSPS) is 22.8. The van der Waals surface area contributed by atoms with Crippen LogP contribution in [0.25, 0.3) is 0 Å². The van der Waals surface area contributed by atoms with Gasteiger partial charge in [0.25, 0.3) is 0 Å². The second-order valence-electron chi connectivity index (χ2n) is 4.56. The summed E-state index contributed by atoms with van der Waals surface area (Å²) in [7, 11) is 1.97. The molecule has 0 aromatic heterocycles. The average molecular weight is 302 g/mol. The van der Waals surface area contributed by atoms with Gasteiger partial charge in [-0.15, -0.1) is 0 Å². The molecule has 0 spiro atoms. The summed E-state index contributed by atoms with van der Waals surface area (Å²) in [6, 6.07) is 4.93. The summed E-state index contributed by atoms with van der Waals surface area (Å²) in [5.41, 5.74) is 0.616. The van der Waals surface area contributed by atoms with E-state index in [0.29, 0.717) is 18.1 Å². The second kappa shape index (κ2) is 5.94. The minimum Gasteiger partial charge on any atom is -0.376 e. The van der Waals surface area contributed by atoms with Crippen molar-refractivity contribution in [1.82, 2.24) is 5.32 Å². The van der Waals surface area contributed by atoms with E-state index in [-0.39, 0.29) is 5.82 Å². The van der Waals surface area contributed by atoms with Gasteiger partial charge in [-0.3, -0.25) is 0 Å². The third-order valence-corrected chi connectivity index (χ3v) is 3.63. The van der Waals surface area contributed by atoms with Gasteiger partial charge in [-0.1, -0.05) is 15.9 Å². The van der Waals surface area contributed by atoms with Gasteiger partial charge in [-0.05, 0) is 50.0 Å². The van der Waals surface area contributed by atoms with Crippen molar-refractivity contribution in [2.75, 3.05) is 20.2 Å². The van der Waals surface area contributed by atoms with Gasteiger partial charge in [-0.25, -0.2) is 4.39 Å². The fourth-order valence-corrected chi connectivity index (χ4v) is 2.41. The number of hydrogen-bond donors (Lipinski definition) is 1. The first-order valence-corrected chi connectivity index (χ1v) is 6.66. The Bertz CT molecular complexity index is 386. The smallest absolute Gasteiger partial charge is 0.128 e. The molecule has 1 aromatic carbocycles. The molecule has 1 aliphatic carbocycles. The number of hydrogen-bond acceptors (Lipinski definition) is 2. The van der Waals surface area contributed by atoms with Crippen molar-refractivity contribution in [3.8, 4) is 0 Å². The molecule has 0 saturated heterocycles. The molecule has 0 bridgehead atoms. The molecule has 2 atom stereocenters. The third kappa shape index (κ3) is 3.76. The van der Waals surface area contributed by atoms with Crippen LogP contribution in [0.4, 0.5) is 4.39 Å². The van der Waals surface area contributed by atoms with Crippen molar-refractivity contribution >= 4 is 15.9 Å². The third-order valence-electron chi connectivity index (χ3n) is 3.13. The molecule has 4 heteroatoms. The summed E-state index contributed by atoms with van der Waals surface area (Å²) in [6.45, 7) is 2.14. The molecule has 0 radical (unpaired) electrons. The van der Waals surface area contributed by atoms with Gasteiger partial charge in [0.05, 0.1) is 13.2 Å². The number of nitrogens with one attached hydrogen (secondary N) is 1. The zero-order valence-corrected chi connectivity index (χ0v) is 11.5. The molecule has 17 heavy (non-hydrogen) atoms. The summed E-state index contributed by atoms with van der Waals surface area (Å²) in [4.78, 5) is 0. The Hall–Kier alpha value is -0.450. The first kappa shape index (κ1) is 13.0. The molecule has 0 unspecified atom stereocenters. The largest absolute Gasteiger partial charge is 0.376 e. The predicted octanol–water partition coefficient (Wildman–Crippen LogP) is 2.96. The van der Waals surface area contributed by atoms with Crippen molar-refractivity contribution in [1.29, 1.82) is 0 Å². The maximum Gasteiger partial charge on any atom is 0.128 e. The predicted molar refractivity (Wildman–Crippen MR) is 69.3 cm³/mol. The molecule has 0 aliphatic heterocycles. The van der Waals surface area contributed by atoms with Gasteiger partial charge < -0.3 is 10.1 Å². The lowest BCUT2D eigenvalue weighted by molar-refractivity contribution is 0.105. The maximum atomic E-state index is 13.4. The van der Waals surface area contributed by atoms with Crippen molar-refractivity contribution in [2.24, 2.45) is 11.8 Å². The Morgan fingerprint density at radius 3 is 3.06 bits per heavy atom. The molecule has 1 N–H and O–H groups in total. The summed E-state index contributed by atoms with van der Waals surface area (Å²) in [5.74, 6) is 1.20. The Morgan fingerprint density at radius 1 is 1.47 bits per heavy atom. The van der Waals surface area contributed by atoms with Crippen molar-refractivity contribution in [2.45, 2.75) is 13.0 Å². The number of ether oxygens (including phenoxy) is 1. The van der Waals surface area contributed by atoms with E-state index in [9.17, 15) is 4.39 Å². The van der Waals surface area contributed by atoms with Crippen LogP contribution in [0.1, 0.15) is 12.0 Å². The molecule has 94 valence electrons. The van der Waals surface area contributed by atoms with E-state index in [4.69, 9.17) is 4.74 Å². The number of rotatable bonds is 6. The molecular formula is C13H17BrFNO. The molecule has 0 amide bonds. The van der Waals surface area contributed by atoms with Gasteiger partial charge in [0, 0.05) is 10.0 Å². The molecule has 1 fully saturated rings. The first-order chi connectivity index (χ1) is 8.20. The summed E-state index contributed by atoms with van der Waals surface area (Å²) in [5, 5.41) is 3.16. The number of benzene rings is 1. The van der Waals surface area contributed by atoms with E-state index in [1.54, 1.807) is 12.1 Å². The SMILES string of the molecule is CNC[C@H]1C[C@@H]1COCc1cc(Br)ccc1F. The average Bonchev–Trinajstić information content (AvgIpc) is 3.02. The fraction of sp³-hybridized carbons (Fsp3) is 0.538. The van der Waals surface area contributed by atoms with E-state index >= 15 is 0 Å². The molecule has 1 aliphatic rings. The maximum absolute atomic E-state index is 13.4. The van der Waals surface area contributed by atoms with Crippen molar-refractivity contribution in [3.05, 3.63) is 34.1 Å². The van der Waals surface area contributed by atoms with Gasteiger partial charge in [-0.2, -0.15) is 0 Å². The van der Waals surface area contributed by atoms with Crippen LogP contribution in [0.3, 0.4) is 0 Å². The van der Waals surface area contributed by atoms with Crippen LogP contribution in [0.15, 0.2) is 22.7 Å². The van der Waals surface area contributed by atoms with E-state index in [2.05, 4.69) is 21.2 Å². The second-order valence-corrected chi connectivity index (χ2v) is 5.48. The molecule has 2 nitrogen and oxygen atoms in total. The highest BCUT2D eigenvalue weighted by molar-refractivity contribution is 9.10. The van der Waals surface area contributed by atoms with Gasteiger partial charge in [0.15, 0.2) is 0 Å². The molecule has 0 heterocycles. The van der Waals surface area contributed by atoms with Crippen molar-refractivity contribution in [3.63, 3.8) is 0 Å². The van der Waals surface area contributed by atoms with E-state index in [1.165, 1.54) is 12.5 Å². The van der Waals surface area contributed by atoms with Crippen LogP contribution in [-0.2, 0) is 11.3 Å². The topological polar surface area (TPSA) is 21.3 Å². The van der Waals surface area contributed by atoms with Crippen LogP contribution in [0.5, 0.6) is 0 Å². The van der Waals surface area contributed by atoms with E-state index < -0.39 is 0 Å². The van der Waals surface area contributed by atoms with Crippen LogP contribution in [-0.4, -0.2) is 20.2 Å². The quantitative estimate of drug-likeness (QED) is 0.872. The summed E-state index contributed by atoms with van der Waals surface area (Å²) < 4.78 is 19.8. The zero-order valence-electron chi connectivity index (χ0n) is 9.88. The Balaban J connectivity index is 1.73. The Morgan fingerprint density at radius 2 is 2.29 bits per heavy atom. The molecular weight excluding hydrogens is 285 g/mol. The standard InChI is InChI=1S/C13H17BrFNO/c1-16-6-9-4-10(9)7-17-8-11-5-12(14)2-3-13(11)15/h2-3,5,9-10,16H,4,6-8H2,1H3/t9-,10-/m1/s1. The van der Waals surface area contributed by atoms with Crippen LogP contribution in [0.2, 0.25) is 0 Å². The van der Waals surface area contributed by atoms with Gasteiger partial charge in [0.2, 0.25) is 0 Å². The Labute approximate surface area is 110 Å². The van der Waals surface area contributed by atoms with E-state index in [1.807, 2.05) is 7.05 Å². The Kier molecular flexibility index (Phi) is 4.54. The highest BCUT2D eigenvalue weighted by Crippen LogP contribution is 2.38. The highest BCUT2D eigenvalue weighted by atomic mass is 79.9. The summed E-state index contributed by atoms with van der Waals surface area (Å²) in [6.07, 6.45) is 1.22. The van der Waals surface area contributed by atoms with E-state index in [0.717, 1.165) is 23.5 Å². The number of halogens is 2. The molecule has 1 saturated carbocycles. The first-order valence-electron chi connectivity index (χ1n) is 5.87. The fourth-order valence-electron chi connectivity index (χ4n) is 2.00. The molecule has 2 rings (SSSR count). The lowest BCUT2D eigenvalue weighted by atomic mass is 10.2. The summed E-state index contributed by atoms with van der Waals surface area (Å²) >= 11 is 3.33. The zero-order chi connectivity index (χ0) is 12.3. The van der Waals surface area contributed by atoms with Gasteiger partial charge in [0.1, 0.15) is 5.82 Å². The molecule has 1 aromatic rings. The van der Waals surface area contributed by atoms with Crippen LogP contribution >= 0.6 is 15.9 Å². The highest BCUT2D eigenvalue weighted by Gasteiger charge is 2.36.